The molecule has 3 aromatic rings. The Morgan fingerprint density at radius 3 is 2.53 bits per heavy atom. The Morgan fingerprint density at radius 1 is 1.10 bits per heavy atom. The summed E-state index contributed by atoms with van der Waals surface area (Å²) in [6, 6.07) is 17.0. The molecule has 4 rings (SSSR count). The van der Waals surface area contributed by atoms with Crippen molar-refractivity contribution in [2.45, 2.75) is 18.9 Å². The van der Waals surface area contributed by atoms with Crippen LogP contribution in [0.25, 0.3) is 5.70 Å². The number of carboxylic acids is 1. The molecule has 1 amide bonds. The fraction of sp³-hybridized carbons (Fsp3) is 0.143. The molecule has 8 nitrogen and oxygen atoms in total. The van der Waals surface area contributed by atoms with Crippen molar-refractivity contribution in [2.24, 2.45) is 0 Å². The van der Waals surface area contributed by atoms with E-state index in [2.05, 4.69) is 20.7 Å². The number of aliphatic carboxylic acids is 1. The fourth-order valence-electron chi connectivity index (χ4n) is 3.14. The number of hydrogen-bond donors (Lipinski definition) is 3. The molecule has 0 unspecified atom stereocenters. The lowest BCUT2D eigenvalue weighted by molar-refractivity contribution is -0.138. The van der Waals surface area contributed by atoms with Crippen LogP contribution in [0.1, 0.15) is 30.0 Å². The van der Waals surface area contributed by atoms with Gasteiger partial charge in [-0.25, -0.2) is 4.68 Å². The maximum Gasteiger partial charge on any atom is 0.303 e. The monoisotopic (exact) mass is 423 g/mol. The van der Waals surface area contributed by atoms with E-state index in [1.54, 1.807) is 16.8 Å². The average molecular weight is 424 g/mol. The van der Waals surface area contributed by atoms with E-state index in [-0.39, 0.29) is 24.8 Å². The number of benzene rings is 2. The molecule has 0 fully saturated rings. The molecule has 30 heavy (non-hydrogen) atoms. The Hall–Kier alpha value is -3.65. The second kappa shape index (κ2) is 8.38. The summed E-state index contributed by atoms with van der Waals surface area (Å²) in [5, 5.41) is 19.6. The first-order valence-electron chi connectivity index (χ1n) is 9.27. The van der Waals surface area contributed by atoms with Gasteiger partial charge < -0.3 is 10.4 Å². The van der Waals surface area contributed by atoms with Crippen molar-refractivity contribution in [1.82, 2.24) is 14.8 Å². The number of nitrogens with zero attached hydrogens (tertiary/aromatic N) is 3. The summed E-state index contributed by atoms with van der Waals surface area (Å²) in [5.74, 6) is -0.928. The molecule has 0 aliphatic carbocycles. The predicted octanol–water partition coefficient (Wildman–Crippen LogP) is 3.79. The highest BCUT2D eigenvalue weighted by molar-refractivity contribution is 6.30. The zero-order chi connectivity index (χ0) is 21.1. The molecule has 1 aliphatic heterocycles. The first kappa shape index (κ1) is 19.7. The zero-order valence-corrected chi connectivity index (χ0v) is 16.5. The number of hydrogen-bond acceptors (Lipinski definition) is 5. The number of halogens is 1. The van der Waals surface area contributed by atoms with Crippen LogP contribution in [0, 0.1) is 0 Å². The van der Waals surface area contributed by atoms with Gasteiger partial charge >= 0.3 is 5.97 Å². The summed E-state index contributed by atoms with van der Waals surface area (Å²) in [4.78, 5) is 27.0. The number of carboxylic acid groups (broad SMARTS) is 1. The van der Waals surface area contributed by atoms with Crippen LogP contribution in [0.5, 0.6) is 0 Å². The van der Waals surface area contributed by atoms with Crippen LogP contribution in [-0.2, 0) is 9.59 Å². The lowest BCUT2D eigenvalue weighted by Gasteiger charge is -2.24. The van der Waals surface area contributed by atoms with Gasteiger partial charge in [0.25, 0.3) is 5.95 Å². The van der Waals surface area contributed by atoms with E-state index in [0.717, 1.165) is 16.8 Å². The van der Waals surface area contributed by atoms with Gasteiger partial charge in [0.15, 0.2) is 0 Å². The Balaban J connectivity index is 1.66. The minimum absolute atomic E-state index is 0.106. The number of nitrogens with one attached hydrogen (secondary N) is 2. The maximum absolute atomic E-state index is 12.0. The number of amides is 1. The van der Waals surface area contributed by atoms with Gasteiger partial charge in [-0.15, -0.1) is 5.10 Å². The molecule has 0 saturated heterocycles. The van der Waals surface area contributed by atoms with Crippen molar-refractivity contribution in [1.29, 1.82) is 0 Å². The Bertz CT molecular complexity index is 1110. The lowest BCUT2D eigenvalue weighted by Crippen LogP contribution is -2.20. The number of fused-ring (bicyclic) bond motifs is 1. The molecular weight excluding hydrogens is 406 g/mol. The molecule has 1 aromatic heterocycles. The van der Waals surface area contributed by atoms with E-state index < -0.39 is 11.9 Å². The van der Waals surface area contributed by atoms with Gasteiger partial charge in [-0.05, 0) is 29.3 Å². The molecule has 1 atom stereocenters. The van der Waals surface area contributed by atoms with Gasteiger partial charge in [0, 0.05) is 17.1 Å². The molecule has 152 valence electrons. The Morgan fingerprint density at radius 2 is 1.83 bits per heavy atom. The van der Waals surface area contributed by atoms with Gasteiger partial charge in [0.1, 0.15) is 6.04 Å². The van der Waals surface area contributed by atoms with Crippen molar-refractivity contribution in [3.8, 4) is 0 Å². The lowest BCUT2D eigenvalue weighted by atomic mass is 10.0. The van der Waals surface area contributed by atoms with Gasteiger partial charge in [0.2, 0.25) is 11.9 Å². The summed E-state index contributed by atoms with van der Waals surface area (Å²) >= 11 is 6.04. The van der Waals surface area contributed by atoms with Gasteiger partial charge in [-0.3, -0.25) is 14.9 Å². The maximum atomic E-state index is 12.0. The van der Waals surface area contributed by atoms with Crippen molar-refractivity contribution >= 4 is 41.1 Å². The summed E-state index contributed by atoms with van der Waals surface area (Å²) in [6.45, 7) is 0. The first-order chi connectivity index (χ1) is 14.5. The van der Waals surface area contributed by atoms with E-state index in [0.29, 0.717) is 11.0 Å². The third-order valence-corrected chi connectivity index (χ3v) is 4.83. The normalized spacial score (nSPS) is 15.0. The summed E-state index contributed by atoms with van der Waals surface area (Å²) in [7, 11) is 0. The number of carbonyl (C=O) groups is 2. The minimum Gasteiger partial charge on any atom is -0.481 e. The van der Waals surface area contributed by atoms with E-state index in [1.807, 2.05) is 48.5 Å². The number of anilines is 2. The molecule has 9 heteroatoms. The number of aromatic nitrogens is 3. The first-order valence-corrected chi connectivity index (χ1v) is 9.65. The molecule has 1 aliphatic rings. The highest BCUT2D eigenvalue weighted by Gasteiger charge is 2.25. The van der Waals surface area contributed by atoms with Crippen LogP contribution in [0.15, 0.2) is 60.7 Å². The average Bonchev–Trinajstić information content (AvgIpc) is 3.15. The SMILES string of the molecule is O=C(O)CCC(=O)Nc1nc2n(n1)[C@H](c1ccc(Cl)cc1)C=C(c1ccccc1)N2. The summed E-state index contributed by atoms with van der Waals surface area (Å²) < 4.78 is 1.67. The number of allylic oxidation sites excluding steroid dienone is 1. The predicted molar refractivity (Wildman–Crippen MR) is 113 cm³/mol. The summed E-state index contributed by atoms with van der Waals surface area (Å²) in [5.41, 5.74) is 2.79. The molecule has 0 bridgehead atoms. The standard InChI is InChI=1S/C21H18ClN5O3/c22-15-8-6-14(7-9-15)17-12-16(13-4-2-1-3-5-13)23-21-25-20(26-27(17)21)24-18(28)10-11-19(29)30/h1-9,12,17H,10-11H2,(H,29,30)(H2,23,24,25,26,28)/t17-/m0/s1. The van der Waals surface area contributed by atoms with Crippen molar-refractivity contribution in [3.63, 3.8) is 0 Å². The summed E-state index contributed by atoms with van der Waals surface area (Å²) in [6.07, 6.45) is 1.61. The van der Waals surface area contributed by atoms with Crippen LogP contribution in [-0.4, -0.2) is 31.7 Å². The molecule has 2 aromatic carbocycles. The minimum atomic E-state index is -1.04. The highest BCUT2D eigenvalue weighted by Crippen LogP contribution is 2.33. The topological polar surface area (TPSA) is 109 Å². The third-order valence-electron chi connectivity index (χ3n) is 4.58. The van der Waals surface area contributed by atoms with Crippen LogP contribution in [0.4, 0.5) is 11.9 Å². The van der Waals surface area contributed by atoms with Gasteiger partial charge in [0.05, 0.1) is 6.42 Å². The highest BCUT2D eigenvalue weighted by atomic mass is 35.5. The fourth-order valence-corrected chi connectivity index (χ4v) is 3.26. The van der Waals surface area contributed by atoms with E-state index in [9.17, 15) is 9.59 Å². The zero-order valence-electron chi connectivity index (χ0n) is 15.7. The molecular formula is C21H18ClN5O3. The molecule has 0 saturated carbocycles. The second-order valence-corrected chi connectivity index (χ2v) is 7.15. The molecule has 0 radical (unpaired) electrons. The van der Waals surface area contributed by atoms with Crippen LogP contribution < -0.4 is 10.6 Å². The Kier molecular flexibility index (Phi) is 5.49. The largest absolute Gasteiger partial charge is 0.481 e. The molecule has 0 spiro atoms. The molecule has 3 N–H and O–H groups in total. The quantitative estimate of drug-likeness (QED) is 0.556. The molecule has 2 heterocycles. The number of carbonyl (C=O) groups excluding carboxylic acids is 1. The third kappa shape index (κ3) is 4.33. The van der Waals surface area contributed by atoms with Gasteiger partial charge in [-0.1, -0.05) is 54.1 Å². The second-order valence-electron chi connectivity index (χ2n) is 6.71. The van der Waals surface area contributed by atoms with Crippen molar-refractivity contribution in [3.05, 3.63) is 76.8 Å². The van der Waals surface area contributed by atoms with Crippen molar-refractivity contribution in [2.75, 3.05) is 10.6 Å². The van der Waals surface area contributed by atoms with Crippen LogP contribution in [0.2, 0.25) is 5.02 Å². The Labute approximate surface area is 177 Å². The number of rotatable bonds is 6. The van der Waals surface area contributed by atoms with E-state index in [4.69, 9.17) is 16.7 Å². The van der Waals surface area contributed by atoms with E-state index in [1.165, 1.54) is 0 Å². The van der Waals surface area contributed by atoms with Crippen molar-refractivity contribution < 1.29 is 14.7 Å². The van der Waals surface area contributed by atoms with Crippen LogP contribution >= 0.6 is 11.6 Å². The van der Waals surface area contributed by atoms with Crippen LogP contribution in [0.3, 0.4) is 0 Å². The van der Waals surface area contributed by atoms with E-state index >= 15 is 0 Å². The smallest absolute Gasteiger partial charge is 0.303 e. The van der Waals surface area contributed by atoms with Gasteiger partial charge in [-0.2, -0.15) is 4.98 Å².